The zero-order valence-corrected chi connectivity index (χ0v) is 17.9. The molecule has 0 fully saturated rings. The van der Waals surface area contributed by atoms with E-state index in [4.69, 9.17) is 4.74 Å². The van der Waals surface area contributed by atoms with E-state index >= 15 is 0 Å². The molecular formula is C25H27N3O3. The lowest BCUT2D eigenvalue weighted by Crippen LogP contribution is -2.32. The van der Waals surface area contributed by atoms with E-state index in [2.05, 4.69) is 16.0 Å². The standard InChI is InChI=1S/C25H27N3O3/c1-25(2,3)31-24(30)26-17-18-9-11-19(12-10-18)23(29)28-22-15-13-21(14-16-22)27-20-7-5-4-6-8-20/h4-16,27H,17H2,1-3H3,(H,26,30)(H,28,29). The van der Waals surface area contributed by atoms with Crippen molar-refractivity contribution in [1.82, 2.24) is 5.32 Å². The van der Waals surface area contributed by atoms with Gasteiger partial charge in [0.1, 0.15) is 5.60 Å². The quantitative estimate of drug-likeness (QED) is 0.480. The fourth-order valence-electron chi connectivity index (χ4n) is 2.79. The number of carbonyl (C=O) groups is 2. The van der Waals surface area contributed by atoms with E-state index in [-0.39, 0.29) is 5.91 Å². The first-order valence-corrected chi connectivity index (χ1v) is 10.1. The Hall–Kier alpha value is -3.80. The highest BCUT2D eigenvalue weighted by atomic mass is 16.6. The third-order valence-electron chi connectivity index (χ3n) is 4.26. The van der Waals surface area contributed by atoms with Crippen molar-refractivity contribution < 1.29 is 14.3 Å². The summed E-state index contributed by atoms with van der Waals surface area (Å²) in [6.45, 7) is 5.76. The molecule has 2 amide bonds. The Morgan fingerprint density at radius 2 is 1.35 bits per heavy atom. The topological polar surface area (TPSA) is 79.5 Å². The Morgan fingerprint density at radius 3 is 1.97 bits per heavy atom. The number of hydrogen-bond acceptors (Lipinski definition) is 4. The summed E-state index contributed by atoms with van der Waals surface area (Å²) in [5, 5.41) is 8.89. The molecule has 3 N–H and O–H groups in total. The van der Waals surface area contributed by atoms with Crippen LogP contribution in [0.2, 0.25) is 0 Å². The molecule has 3 rings (SSSR count). The molecule has 0 aliphatic heterocycles. The molecule has 0 saturated carbocycles. The molecule has 0 aliphatic rings. The second kappa shape index (κ2) is 9.80. The molecule has 0 bridgehead atoms. The van der Waals surface area contributed by atoms with Gasteiger partial charge in [0, 0.05) is 29.2 Å². The van der Waals surface area contributed by atoms with E-state index in [1.54, 1.807) is 24.3 Å². The van der Waals surface area contributed by atoms with Crippen LogP contribution in [0.25, 0.3) is 0 Å². The third-order valence-corrected chi connectivity index (χ3v) is 4.26. The smallest absolute Gasteiger partial charge is 0.407 e. The second-order valence-electron chi connectivity index (χ2n) is 8.07. The van der Waals surface area contributed by atoms with Crippen LogP contribution in [0.15, 0.2) is 78.9 Å². The minimum Gasteiger partial charge on any atom is -0.444 e. The first-order chi connectivity index (χ1) is 14.8. The number of hydrogen-bond donors (Lipinski definition) is 3. The lowest BCUT2D eigenvalue weighted by molar-refractivity contribution is 0.0523. The van der Waals surface area contributed by atoms with Crippen molar-refractivity contribution in [1.29, 1.82) is 0 Å². The van der Waals surface area contributed by atoms with Gasteiger partial charge in [-0.1, -0.05) is 30.3 Å². The van der Waals surface area contributed by atoms with Crippen molar-refractivity contribution in [2.45, 2.75) is 32.9 Å². The molecule has 0 aromatic heterocycles. The largest absolute Gasteiger partial charge is 0.444 e. The van der Waals surface area contributed by atoms with Crippen LogP contribution in [0, 0.1) is 0 Å². The monoisotopic (exact) mass is 417 g/mol. The zero-order valence-electron chi connectivity index (χ0n) is 17.9. The summed E-state index contributed by atoms with van der Waals surface area (Å²) >= 11 is 0. The molecule has 0 spiro atoms. The highest BCUT2D eigenvalue weighted by molar-refractivity contribution is 6.04. The van der Waals surface area contributed by atoms with Crippen LogP contribution in [0.3, 0.4) is 0 Å². The molecule has 0 atom stereocenters. The predicted octanol–water partition coefficient (Wildman–Crippen LogP) is 5.71. The number of nitrogens with one attached hydrogen (secondary N) is 3. The average Bonchev–Trinajstić information content (AvgIpc) is 2.73. The van der Waals surface area contributed by atoms with Crippen molar-refractivity contribution in [2.24, 2.45) is 0 Å². The van der Waals surface area contributed by atoms with Gasteiger partial charge in [-0.15, -0.1) is 0 Å². The van der Waals surface area contributed by atoms with Gasteiger partial charge in [-0.2, -0.15) is 0 Å². The van der Waals surface area contributed by atoms with Gasteiger partial charge < -0.3 is 20.7 Å². The number of anilines is 3. The molecule has 0 unspecified atom stereocenters. The molecule has 160 valence electrons. The molecule has 3 aromatic carbocycles. The number of carbonyl (C=O) groups excluding carboxylic acids is 2. The molecule has 6 heteroatoms. The summed E-state index contributed by atoms with van der Waals surface area (Å²) in [7, 11) is 0. The Morgan fingerprint density at radius 1 is 0.774 bits per heavy atom. The Balaban J connectivity index is 1.51. The van der Waals surface area contributed by atoms with Crippen LogP contribution < -0.4 is 16.0 Å². The van der Waals surface area contributed by atoms with E-state index < -0.39 is 11.7 Å². The van der Waals surface area contributed by atoms with Crippen molar-refractivity contribution in [3.8, 4) is 0 Å². The van der Waals surface area contributed by atoms with Crippen LogP contribution in [-0.2, 0) is 11.3 Å². The number of amides is 2. The van der Waals surface area contributed by atoms with E-state index in [1.807, 2.05) is 75.4 Å². The number of alkyl carbamates (subject to hydrolysis) is 1. The Labute approximate surface area is 182 Å². The van der Waals surface area contributed by atoms with Gasteiger partial charge in [0.2, 0.25) is 0 Å². The molecule has 3 aromatic rings. The fourth-order valence-corrected chi connectivity index (χ4v) is 2.79. The van der Waals surface area contributed by atoms with Crippen LogP contribution >= 0.6 is 0 Å². The summed E-state index contributed by atoms with van der Waals surface area (Å²) in [5.74, 6) is -0.199. The zero-order chi connectivity index (χ0) is 22.3. The van der Waals surface area contributed by atoms with Crippen molar-refractivity contribution in [3.05, 3.63) is 90.0 Å². The van der Waals surface area contributed by atoms with Gasteiger partial charge in [0.25, 0.3) is 5.91 Å². The van der Waals surface area contributed by atoms with Crippen molar-refractivity contribution >= 4 is 29.1 Å². The summed E-state index contributed by atoms with van der Waals surface area (Å²) < 4.78 is 5.21. The van der Waals surface area contributed by atoms with Crippen molar-refractivity contribution in [3.63, 3.8) is 0 Å². The maximum absolute atomic E-state index is 12.5. The average molecular weight is 418 g/mol. The lowest BCUT2D eigenvalue weighted by Gasteiger charge is -2.19. The molecule has 0 saturated heterocycles. The number of benzene rings is 3. The van der Waals surface area contributed by atoms with Crippen molar-refractivity contribution in [2.75, 3.05) is 10.6 Å². The van der Waals surface area contributed by atoms with Gasteiger partial charge in [-0.05, 0) is 74.9 Å². The van der Waals surface area contributed by atoms with Gasteiger partial charge in [-0.3, -0.25) is 4.79 Å². The Kier molecular flexibility index (Phi) is 6.92. The van der Waals surface area contributed by atoms with Crippen LogP contribution in [-0.4, -0.2) is 17.6 Å². The van der Waals surface area contributed by atoms with Gasteiger partial charge in [0.15, 0.2) is 0 Å². The van der Waals surface area contributed by atoms with Crippen LogP contribution in [0.4, 0.5) is 21.9 Å². The van der Waals surface area contributed by atoms with Crippen LogP contribution in [0.1, 0.15) is 36.7 Å². The molecule has 0 aliphatic carbocycles. The summed E-state index contributed by atoms with van der Waals surface area (Å²) in [5.41, 5.74) is 3.51. The minimum atomic E-state index is -0.540. The molecule has 6 nitrogen and oxygen atoms in total. The van der Waals surface area contributed by atoms with Crippen LogP contribution in [0.5, 0.6) is 0 Å². The first-order valence-electron chi connectivity index (χ1n) is 10.1. The highest BCUT2D eigenvalue weighted by Crippen LogP contribution is 2.19. The van der Waals surface area contributed by atoms with Gasteiger partial charge in [0.05, 0.1) is 0 Å². The summed E-state index contributed by atoms with van der Waals surface area (Å²) in [4.78, 5) is 24.2. The summed E-state index contributed by atoms with van der Waals surface area (Å²) in [6, 6.07) is 24.5. The maximum atomic E-state index is 12.5. The van der Waals surface area contributed by atoms with E-state index in [1.165, 1.54) is 0 Å². The van der Waals surface area contributed by atoms with Gasteiger partial charge >= 0.3 is 6.09 Å². The fraction of sp³-hybridized carbons (Fsp3) is 0.200. The number of rotatable bonds is 6. The number of para-hydroxylation sites is 1. The second-order valence-corrected chi connectivity index (χ2v) is 8.07. The van der Waals surface area contributed by atoms with Gasteiger partial charge in [-0.25, -0.2) is 4.79 Å². The summed E-state index contributed by atoms with van der Waals surface area (Å²) in [6.07, 6.45) is -0.473. The molecule has 0 heterocycles. The SMILES string of the molecule is CC(C)(C)OC(=O)NCc1ccc(C(=O)Nc2ccc(Nc3ccccc3)cc2)cc1. The highest BCUT2D eigenvalue weighted by Gasteiger charge is 2.15. The lowest BCUT2D eigenvalue weighted by atomic mass is 10.1. The third kappa shape index (κ3) is 7.19. The predicted molar refractivity (Wildman–Crippen MR) is 124 cm³/mol. The van der Waals surface area contributed by atoms with E-state index in [0.717, 1.165) is 16.9 Å². The van der Waals surface area contributed by atoms with E-state index in [9.17, 15) is 9.59 Å². The normalized spacial score (nSPS) is 10.8. The maximum Gasteiger partial charge on any atom is 0.407 e. The Bertz CT molecular complexity index is 1010. The minimum absolute atomic E-state index is 0.199. The molecular weight excluding hydrogens is 390 g/mol. The molecule has 31 heavy (non-hydrogen) atoms. The molecule has 0 radical (unpaired) electrons. The van der Waals surface area contributed by atoms with E-state index in [0.29, 0.717) is 17.8 Å². The number of ether oxygens (including phenoxy) is 1. The first kappa shape index (κ1) is 21.9.